The van der Waals surface area contributed by atoms with Crippen molar-refractivity contribution in [1.29, 1.82) is 0 Å². The van der Waals surface area contributed by atoms with Gasteiger partial charge < -0.3 is 10.2 Å². The fourth-order valence-electron chi connectivity index (χ4n) is 3.92. The third-order valence-corrected chi connectivity index (χ3v) is 5.16. The number of nitrogens with one attached hydrogen (secondary N) is 1. The molecule has 2 aliphatic rings. The fraction of sp³-hybridized carbons (Fsp3) is 0.400. The molecule has 1 aliphatic carbocycles. The first kappa shape index (κ1) is 15.2. The van der Waals surface area contributed by atoms with Crippen LogP contribution in [0.4, 0.5) is 5.69 Å². The molecule has 0 unspecified atom stereocenters. The van der Waals surface area contributed by atoms with E-state index in [0.29, 0.717) is 13.0 Å². The summed E-state index contributed by atoms with van der Waals surface area (Å²) in [6, 6.07) is 10.4. The monoisotopic (exact) mass is 322 g/mol. The van der Waals surface area contributed by atoms with E-state index in [-0.39, 0.29) is 18.4 Å². The second-order valence-corrected chi connectivity index (χ2v) is 6.79. The lowest BCUT2D eigenvalue weighted by atomic mass is 10.0. The van der Waals surface area contributed by atoms with Gasteiger partial charge in [0.25, 0.3) is 0 Å². The first-order chi connectivity index (χ1) is 11.7. The Kier molecular flexibility index (Phi) is 3.97. The van der Waals surface area contributed by atoms with Crippen LogP contribution in [0.25, 0.3) is 10.8 Å². The largest absolute Gasteiger partial charge is 0.333 e. The number of benzene rings is 2. The van der Waals surface area contributed by atoms with Gasteiger partial charge in [-0.05, 0) is 48.3 Å². The molecule has 124 valence electrons. The summed E-state index contributed by atoms with van der Waals surface area (Å²) < 4.78 is 0. The van der Waals surface area contributed by atoms with Crippen LogP contribution >= 0.6 is 0 Å². The first-order valence-electron chi connectivity index (χ1n) is 8.83. The third kappa shape index (κ3) is 2.77. The van der Waals surface area contributed by atoms with Crippen molar-refractivity contribution in [2.24, 2.45) is 0 Å². The van der Waals surface area contributed by atoms with Crippen molar-refractivity contribution in [1.82, 2.24) is 4.90 Å². The summed E-state index contributed by atoms with van der Waals surface area (Å²) in [5, 5.41) is 5.42. The molecule has 2 amide bonds. The highest BCUT2D eigenvalue weighted by Gasteiger charge is 2.20. The van der Waals surface area contributed by atoms with Crippen LogP contribution in [0.3, 0.4) is 0 Å². The summed E-state index contributed by atoms with van der Waals surface area (Å²) in [6.45, 7) is 0.845. The normalized spacial score (nSPS) is 17.2. The molecule has 2 aromatic rings. The molecule has 1 saturated heterocycles. The molecule has 0 saturated carbocycles. The molecule has 4 heteroatoms. The van der Waals surface area contributed by atoms with Gasteiger partial charge in [0.1, 0.15) is 0 Å². The van der Waals surface area contributed by atoms with E-state index in [2.05, 4.69) is 29.6 Å². The van der Waals surface area contributed by atoms with E-state index in [1.165, 1.54) is 16.5 Å². The van der Waals surface area contributed by atoms with Gasteiger partial charge in [0.2, 0.25) is 11.8 Å². The predicted molar refractivity (Wildman–Crippen MR) is 95.0 cm³/mol. The van der Waals surface area contributed by atoms with E-state index in [1.807, 2.05) is 6.07 Å². The van der Waals surface area contributed by atoms with Crippen molar-refractivity contribution in [3.05, 3.63) is 41.5 Å². The second kappa shape index (κ2) is 6.27. The van der Waals surface area contributed by atoms with Crippen LogP contribution < -0.4 is 5.32 Å². The third-order valence-electron chi connectivity index (χ3n) is 5.16. The average molecular weight is 322 g/mol. The molecule has 0 spiro atoms. The van der Waals surface area contributed by atoms with Gasteiger partial charge in [-0.2, -0.15) is 0 Å². The van der Waals surface area contributed by atoms with Crippen molar-refractivity contribution in [2.75, 3.05) is 18.4 Å². The maximum atomic E-state index is 12.5. The smallest absolute Gasteiger partial charge is 0.244 e. The van der Waals surface area contributed by atoms with E-state index in [9.17, 15) is 9.59 Å². The lowest BCUT2D eigenvalue weighted by molar-refractivity contribution is -0.134. The van der Waals surface area contributed by atoms with Gasteiger partial charge in [-0.25, -0.2) is 0 Å². The molecule has 0 bridgehead atoms. The first-order valence-corrected chi connectivity index (χ1v) is 8.83. The van der Waals surface area contributed by atoms with Crippen molar-refractivity contribution < 1.29 is 9.59 Å². The molecule has 4 rings (SSSR count). The van der Waals surface area contributed by atoms with E-state index < -0.39 is 0 Å². The number of carbonyl (C=O) groups is 2. The van der Waals surface area contributed by atoms with Gasteiger partial charge in [0, 0.05) is 24.0 Å². The Hall–Kier alpha value is -2.36. The molecule has 0 atom stereocenters. The highest BCUT2D eigenvalue weighted by atomic mass is 16.2. The molecule has 1 aliphatic heterocycles. The molecule has 1 fully saturated rings. The topological polar surface area (TPSA) is 49.4 Å². The molecule has 4 nitrogen and oxygen atoms in total. The average Bonchev–Trinajstić information content (AvgIpc) is 2.90. The molecule has 2 aromatic carbocycles. The van der Waals surface area contributed by atoms with Crippen LogP contribution in [0.15, 0.2) is 30.3 Å². The van der Waals surface area contributed by atoms with Crippen molar-refractivity contribution >= 4 is 28.3 Å². The molecule has 0 radical (unpaired) electrons. The lowest BCUT2D eigenvalue weighted by Gasteiger charge is -2.20. The predicted octanol–water partition coefficient (Wildman–Crippen LogP) is 3.28. The number of likely N-dealkylation sites (tertiary alicyclic amines) is 1. The Morgan fingerprint density at radius 1 is 1.00 bits per heavy atom. The summed E-state index contributed by atoms with van der Waals surface area (Å²) in [4.78, 5) is 26.2. The molecular formula is C20H22N2O2. The van der Waals surface area contributed by atoms with Crippen LogP contribution in [0.5, 0.6) is 0 Å². The van der Waals surface area contributed by atoms with Crippen LogP contribution in [-0.4, -0.2) is 29.8 Å². The minimum Gasteiger partial charge on any atom is -0.333 e. The minimum atomic E-state index is -0.107. The minimum absolute atomic E-state index is 0.100. The molecule has 1 N–H and O–H groups in total. The summed E-state index contributed by atoms with van der Waals surface area (Å²) in [7, 11) is 0. The van der Waals surface area contributed by atoms with Crippen LogP contribution in [-0.2, 0) is 22.4 Å². The zero-order valence-corrected chi connectivity index (χ0v) is 13.8. The molecule has 1 heterocycles. The maximum absolute atomic E-state index is 12.5. The van der Waals surface area contributed by atoms with E-state index in [0.717, 1.165) is 43.2 Å². The summed E-state index contributed by atoms with van der Waals surface area (Å²) in [5.74, 6) is -0.00740. The lowest BCUT2D eigenvalue weighted by Crippen LogP contribution is -2.37. The zero-order valence-electron chi connectivity index (χ0n) is 13.8. The van der Waals surface area contributed by atoms with Crippen LogP contribution in [0.2, 0.25) is 0 Å². The standard InChI is InChI=1S/C20H22N2O2/c23-18(13-22-12-3-1-2-7-19(22)24)21-17-11-10-15-9-8-14-5-4-6-16(17)20(14)15/h4-6,10-11H,1-3,7-9,12-13H2,(H,21,23). The Balaban J connectivity index is 1.54. The number of hydrogen-bond donors (Lipinski definition) is 1. The van der Waals surface area contributed by atoms with Gasteiger partial charge in [-0.15, -0.1) is 0 Å². The summed E-state index contributed by atoms with van der Waals surface area (Å²) in [6.07, 6.45) is 5.71. The molecular weight excluding hydrogens is 300 g/mol. The Bertz CT molecular complexity index is 802. The number of nitrogens with zero attached hydrogens (tertiary/aromatic N) is 1. The SMILES string of the molecule is O=C(CN1CCCCCC1=O)Nc1ccc2c3c(cccc13)CC2. The second-order valence-electron chi connectivity index (χ2n) is 6.79. The number of hydrogen-bond acceptors (Lipinski definition) is 2. The Morgan fingerprint density at radius 3 is 2.71 bits per heavy atom. The Morgan fingerprint density at radius 2 is 1.83 bits per heavy atom. The quantitative estimate of drug-likeness (QED) is 0.943. The van der Waals surface area contributed by atoms with Gasteiger partial charge in [0.05, 0.1) is 6.54 Å². The van der Waals surface area contributed by atoms with Gasteiger partial charge >= 0.3 is 0 Å². The van der Waals surface area contributed by atoms with Crippen LogP contribution in [0, 0.1) is 0 Å². The Labute approximate surface area is 141 Å². The zero-order chi connectivity index (χ0) is 16.5. The molecule has 24 heavy (non-hydrogen) atoms. The van der Waals surface area contributed by atoms with E-state index in [4.69, 9.17) is 0 Å². The summed E-state index contributed by atoms with van der Waals surface area (Å²) in [5.41, 5.74) is 3.58. The van der Waals surface area contributed by atoms with Gasteiger partial charge in [0.15, 0.2) is 0 Å². The number of amides is 2. The van der Waals surface area contributed by atoms with Crippen molar-refractivity contribution in [2.45, 2.75) is 38.5 Å². The van der Waals surface area contributed by atoms with Crippen molar-refractivity contribution in [3.63, 3.8) is 0 Å². The van der Waals surface area contributed by atoms with E-state index in [1.54, 1.807) is 4.90 Å². The van der Waals surface area contributed by atoms with Gasteiger partial charge in [-0.3, -0.25) is 9.59 Å². The van der Waals surface area contributed by atoms with Crippen molar-refractivity contribution in [3.8, 4) is 0 Å². The number of anilines is 1. The van der Waals surface area contributed by atoms with Gasteiger partial charge in [-0.1, -0.05) is 30.7 Å². The highest BCUT2D eigenvalue weighted by Crippen LogP contribution is 2.34. The van der Waals surface area contributed by atoms with E-state index >= 15 is 0 Å². The molecule has 0 aromatic heterocycles. The van der Waals surface area contributed by atoms with Crippen LogP contribution in [0.1, 0.15) is 36.8 Å². The number of aryl methyl sites for hydroxylation is 2. The fourth-order valence-corrected chi connectivity index (χ4v) is 3.92. The number of carbonyl (C=O) groups excluding carboxylic acids is 2. The summed E-state index contributed by atoms with van der Waals surface area (Å²) >= 11 is 0. The highest BCUT2D eigenvalue weighted by molar-refractivity contribution is 6.05. The maximum Gasteiger partial charge on any atom is 0.244 e. The number of rotatable bonds is 3.